The number of hydrogen-bond acceptors (Lipinski definition) is 4. The number of rotatable bonds is 21. The minimum atomic E-state index is -3.70. The van der Waals surface area contributed by atoms with E-state index in [1.54, 1.807) is 18.2 Å². The molecule has 0 saturated carbocycles. The van der Waals surface area contributed by atoms with Crippen LogP contribution in [0.5, 0.6) is 0 Å². The van der Waals surface area contributed by atoms with Gasteiger partial charge in [0.15, 0.2) is 0 Å². The Hall–Kier alpha value is -3.32. The molecule has 0 aliphatic rings. The van der Waals surface area contributed by atoms with Crippen molar-refractivity contribution in [2.75, 3.05) is 10.0 Å². The highest BCUT2D eigenvalue weighted by molar-refractivity contribution is 7.92. The third-order valence-electron chi connectivity index (χ3n) is 8.42. The van der Waals surface area contributed by atoms with E-state index in [1.807, 2.05) is 49.4 Å². The van der Waals surface area contributed by atoms with Gasteiger partial charge in [-0.2, -0.15) is 0 Å². The monoisotopic (exact) mass is 616 g/mol. The Balaban J connectivity index is 1.26. The summed E-state index contributed by atoms with van der Waals surface area (Å²) >= 11 is 0. The molecule has 2 N–H and O–H groups in total. The van der Waals surface area contributed by atoms with Crippen molar-refractivity contribution in [2.45, 2.75) is 122 Å². The molecule has 7 heteroatoms. The maximum atomic E-state index is 13.1. The van der Waals surface area contributed by atoms with E-state index < -0.39 is 10.0 Å². The third kappa shape index (κ3) is 10.4. The van der Waals surface area contributed by atoms with E-state index in [4.69, 9.17) is 4.98 Å². The number of imidazole rings is 1. The summed E-state index contributed by atoms with van der Waals surface area (Å²) in [5, 5.41) is 3.51. The molecule has 1 heterocycles. The summed E-state index contributed by atoms with van der Waals surface area (Å²) in [6.45, 7) is 5.58. The van der Waals surface area contributed by atoms with E-state index in [0.717, 1.165) is 41.1 Å². The molecule has 0 amide bonds. The number of unbranched alkanes of at least 4 members (excludes halogenated alkanes) is 13. The second-order valence-electron chi connectivity index (χ2n) is 12.1. The SMILES string of the molecule is CCCCCCCCCCCCCCCCn1c(NCc2ccccc2NS(=O)(=O)c2ccc(C)cc2)nc2ccccc21. The number of benzene rings is 3. The van der Waals surface area contributed by atoms with Gasteiger partial charge in [0.1, 0.15) is 0 Å². The van der Waals surface area contributed by atoms with Crippen LogP contribution in [0, 0.1) is 6.92 Å². The lowest BCUT2D eigenvalue weighted by Crippen LogP contribution is -2.15. The van der Waals surface area contributed by atoms with Crippen molar-refractivity contribution in [1.82, 2.24) is 9.55 Å². The van der Waals surface area contributed by atoms with E-state index in [1.165, 1.54) is 83.5 Å². The Morgan fingerprint density at radius 1 is 0.682 bits per heavy atom. The van der Waals surface area contributed by atoms with Gasteiger partial charge in [0.2, 0.25) is 5.95 Å². The van der Waals surface area contributed by atoms with Crippen LogP contribution in [0.15, 0.2) is 77.7 Å². The maximum Gasteiger partial charge on any atom is 0.261 e. The summed E-state index contributed by atoms with van der Waals surface area (Å²) in [4.78, 5) is 5.14. The highest BCUT2D eigenvalue weighted by atomic mass is 32.2. The number of sulfonamides is 1. The molecule has 0 spiro atoms. The quantitative estimate of drug-likeness (QED) is 0.0913. The Kier molecular flexibility index (Phi) is 13.6. The highest BCUT2D eigenvalue weighted by Gasteiger charge is 2.16. The topological polar surface area (TPSA) is 76.0 Å². The summed E-state index contributed by atoms with van der Waals surface area (Å²) in [6, 6.07) is 22.7. The van der Waals surface area contributed by atoms with Gasteiger partial charge < -0.3 is 9.88 Å². The summed E-state index contributed by atoms with van der Waals surface area (Å²) < 4.78 is 31.2. The first-order chi connectivity index (χ1) is 21.5. The molecule has 0 unspecified atom stereocenters. The van der Waals surface area contributed by atoms with Gasteiger partial charge in [-0.1, -0.05) is 138 Å². The standard InChI is InChI=1S/C37H52N4O2S/c1-3-4-5-6-7-8-9-10-11-12-13-14-15-20-29-41-36-24-19-18-23-35(36)39-37(41)38-30-32-21-16-17-22-34(32)40-44(42,43)33-27-25-31(2)26-28-33/h16-19,21-28,40H,3-15,20,29-30H2,1-2H3,(H,38,39). The van der Waals surface area contributed by atoms with Crippen molar-refractivity contribution >= 4 is 32.7 Å². The van der Waals surface area contributed by atoms with Gasteiger partial charge in [0, 0.05) is 13.1 Å². The van der Waals surface area contributed by atoms with Crippen molar-refractivity contribution in [2.24, 2.45) is 0 Å². The number of para-hydroxylation sites is 3. The van der Waals surface area contributed by atoms with Gasteiger partial charge in [-0.3, -0.25) is 4.72 Å². The fourth-order valence-electron chi connectivity index (χ4n) is 5.77. The number of hydrogen-bond donors (Lipinski definition) is 2. The van der Waals surface area contributed by atoms with Crippen molar-refractivity contribution in [3.05, 3.63) is 83.9 Å². The minimum absolute atomic E-state index is 0.251. The first-order valence-electron chi connectivity index (χ1n) is 16.8. The van der Waals surface area contributed by atoms with E-state index >= 15 is 0 Å². The predicted octanol–water partition coefficient (Wildman–Crippen LogP) is 10.2. The second kappa shape index (κ2) is 17.8. The second-order valence-corrected chi connectivity index (χ2v) is 13.8. The molecule has 0 fully saturated rings. The van der Waals surface area contributed by atoms with E-state index in [2.05, 4.69) is 33.7 Å². The molecule has 0 radical (unpaired) electrons. The third-order valence-corrected chi connectivity index (χ3v) is 9.80. The zero-order valence-corrected chi connectivity index (χ0v) is 27.7. The zero-order chi connectivity index (χ0) is 31.0. The summed E-state index contributed by atoms with van der Waals surface area (Å²) in [6.07, 6.45) is 18.8. The molecule has 6 nitrogen and oxygen atoms in total. The lowest BCUT2D eigenvalue weighted by molar-refractivity contribution is 0.526. The summed E-state index contributed by atoms with van der Waals surface area (Å²) in [5.41, 5.74) is 4.53. The van der Waals surface area contributed by atoms with Crippen molar-refractivity contribution in [3.8, 4) is 0 Å². The molecule has 0 aliphatic carbocycles. The number of nitrogens with zero attached hydrogens (tertiary/aromatic N) is 2. The summed E-state index contributed by atoms with van der Waals surface area (Å²) in [7, 11) is -3.70. The number of aromatic nitrogens is 2. The average Bonchev–Trinajstić information content (AvgIpc) is 3.38. The van der Waals surface area contributed by atoms with Crippen LogP contribution in [-0.2, 0) is 23.1 Å². The molecule has 4 rings (SSSR count). The number of fused-ring (bicyclic) bond motifs is 1. The van der Waals surface area contributed by atoms with Crippen LogP contribution in [-0.4, -0.2) is 18.0 Å². The molecule has 1 aromatic heterocycles. The zero-order valence-electron chi connectivity index (χ0n) is 26.9. The normalized spacial score (nSPS) is 11.7. The fraction of sp³-hybridized carbons (Fsp3) is 0.486. The van der Waals surface area contributed by atoms with E-state index in [-0.39, 0.29) is 4.90 Å². The molecule has 4 aromatic rings. The van der Waals surface area contributed by atoms with Crippen LogP contribution in [0.2, 0.25) is 0 Å². The fourth-order valence-corrected chi connectivity index (χ4v) is 6.87. The van der Waals surface area contributed by atoms with Crippen LogP contribution in [0.1, 0.15) is 108 Å². The van der Waals surface area contributed by atoms with Crippen molar-refractivity contribution in [3.63, 3.8) is 0 Å². The minimum Gasteiger partial charge on any atom is -0.351 e. The van der Waals surface area contributed by atoms with Crippen molar-refractivity contribution < 1.29 is 8.42 Å². The molecule has 238 valence electrons. The van der Waals surface area contributed by atoms with Gasteiger partial charge in [-0.05, 0) is 49.2 Å². The largest absolute Gasteiger partial charge is 0.351 e. The smallest absolute Gasteiger partial charge is 0.261 e. The lowest BCUT2D eigenvalue weighted by atomic mass is 10.0. The molecule has 0 saturated heterocycles. The van der Waals surface area contributed by atoms with Crippen LogP contribution in [0.4, 0.5) is 11.6 Å². The highest BCUT2D eigenvalue weighted by Crippen LogP contribution is 2.25. The van der Waals surface area contributed by atoms with E-state index in [9.17, 15) is 8.42 Å². The molecule has 0 aliphatic heterocycles. The van der Waals surface area contributed by atoms with E-state index in [0.29, 0.717) is 12.2 Å². The van der Waals surface area contributed by atoms with Crippen LogP contribution in [0.25, 0.3) is 11.0 Å². The van der Waals surface area contributed by atoms with Gasteiger partial charge in [0.25, 0.3) is 10.0 Å². The average molecular weight is 617 g/mol. The number of aryl methyl sites for hydroxylation is 2. The Morgan fingerprint density at radius 2 is 1.25 bits per heavy atom. The van der Waals surface area contributed by atoms with Crippen LogP contribution < -0.4 is 10.0 Å². The predicted molar refractivity (Wildman–Crippen MR) is 186 cm³/mol. The Morgan fingerprint density at radius 3 is 1.91 bits per heavy atom. The lowest BCUT2D eigenvalue weighted by Gasteiger charge is -2.15. The van der Waals surface area contributed by atoms with Crippen LogP contribution >= 0.6 is 0 Å². The van der Waals surface area contributed by atoms with Gasteiger partial charge >= 0.3 is 0 Å². The molecule has 0 bridgehead atoms. The molecular weight excluding hydrogens is 565 g/mol. The van der Waals surface area contributed by atoms with Gasteiger partial charge in [0.05, 0.1) is 21.6 Å². The van der Waals surface area contributed by atoms with Crippen LogP contribution in [0.3, 0.4) is 0 Å². The molecule has 0 atom stereocenters. The van der Waals surface area contributed by atoms with Gasteiger partial charge in [-0.25, -0.2) is 13.4 Å². The Labute approximate surface area is 265 Å². The maximum absolute atomic E-state index is 13.1. The first kappa shape index (κ1) is 33.6. The first-order valence-corrected chi connectivity index (χ1v) is 18.3. The molecule has 3 aromatic carbocycles. The molecular formula is C37H52N4O2S. The van der Waals surface area contributed by atoms with Gasteiger partial charge in [-0.15, -0.1) is 0 Å². The number of anilines is 2. The Bertz CT molecular complexity index is 1510. The van der Waals surface area contributed by atoms with Crippen molar-refractivity contribution in [1.29, 1.82) is 0 Å². The molecule has 44 heavy (non-hydrogen) atoms. The number of nitrogens with one attached hydrogen (secondary N) is 2. The summed E-state index contributed by atoms with van der Waals surface area (Å²) in [5.74, 6) is 0.817.